The normalized spacial score (nSPS) is 11.1. The number of aryl methyl sites for hydroxylation is 2. The molecule has 4 aromatic rings. The Morgan fingerprint density at radius 1 is 1.15 bits per heavy atom. The molecule has 0 spiro atoms. The van der Waals surface area contributed by atoms with Crippen molar-refractivity contribution in [2.24, 2.45) is 0 Å². The van der Waals surface area contributed by atoms with Gasteiger partial charge in [0.1, 0.15) is 0 Å². The van der Waals surface area contributed by atoms with Gasteiger partial charge in [0.15, 0.2) is 5.58 Å². The van der Waals surface area contributed by atoms with Crippen LogP contribution < -0.4 is 11.1 Å². The minimum Gasteiger partial charge on any atom is -0.408 e. The summed E-state index contributed by atoms with van der Waals surface area (Å²) in [5.74, 6) is -0.623. The zero-order valence-electron chi connectivity index (χ0n) is 14.2. The molecule has 2 heterocycles. The van der Waals surface area contributed by atoms with Crippen LogP contribution in [-0.2, 0) is 11.3 Å². The van der Waals surface area contributed by atoms with Gasteiger partial charge in [0, 0.05) is 24.0 Å². The van der Waals surface area contributed by atoms with Crippen LogP contribution in [0, 0.1) is 6.92 Å². The highest BCUT2D eigenvalue weighted by Gasteiger charge is 2.12. The topological polar surface area (TPSA) is 77.1 Å². The van der Waals surface area contributed by atoms with Crippen LogP contribution in [-0.4, -0.2) is 15.5 Å². The molecule has 6 heteroatoms. The molecule has 0 aliphatic rings. The molecule has 1 amide bonds. The van der Waals surface area contributed by atoms with Gasteiger partial charge in [-0.25, -0.2) is 4.79 Å². The Balaban J connectivity index is 1.55. The maximum Gasteiger partial charge on any atom is 0.419 e. The van der Waals surface area contributed by atoms with Crippen LogP contribution in [0.4, 0.5) is 5.69 Å². The van der Waals surface area contributed by atoms with Gasteiger partial charge in [-0.2, -0.15) is 0 Å². The maximum absolute atomic E-state index is 12.4. The number of benzene rings is 2. The van der Waals surface area contributed by atoms with Gasteiger partial charge in [-0.1, -0.05) is 30.3 Å². The van der Waals surface area contributed by atoms with Crippen LogP contribution in [0.25, 0.3) is 22.0 Å². The van der Waals surface area contributed by atoms with Gasteiger partial charge in [0.2, 0.25) is 5.91 Å². The third-order valence-corrected chi connectivity index (χ3v) is 4.25. The number of anilines is 1. The van der Waals surface area contributed by atoms with Crippen LogP contribution in [0.5, 0.6) is 0 Å². The van der Waals surface area contributed by atoms with E-state index in [1.165, 1.54) is 4.57 Å². The highest BCUT2D eigenvalue weighted by Crippen LogP contribution is 2.23. The van der Waals surface area contributed by atoms with Gasteiger partial charge in [-0.3, -0.25) is 14.3 Å². The summed E-state index contributed by atoms with van der Waals surface area (Å²) in [7, 11) is 0. The number of oxazole rings is 1. The summed E-state index contributed by atoms with van der Waals surface area (Å²) in [4.78, 5) is 28.9. The average molecular weight is 347 g/mol. The number of pyridine rings is 1. The van der Waals surface area contributed by atoms with Crippen molar-refractivity contribution in [3.05, 3.63) is 70.8 Å². The lowest BCUT2D eigenvalue weighted by atomic mass is 10.1. The third-order valence-electron chi connectivity index (χ3n) is 4.25. The van der Waals surface area contributed by atoms with Gasteiger partial charge >= 0.3 is 5.76 Å². The van der Waals surface area contributed by atoms with Crippen molar-refractivity contribution in [2.45, 2.75) is 19.9 Å². The van der Waals surface area contributed by atoms with E-state index < -0.39 is 5.76 Å². The number of para-hydroxylation sites is 3. The largest absolute Gasteiger partial charge is 0.419 e. The van der Waals surface area contributed by atoms with Crippen molar-refractivity contribution < 1.29 is 9.21 Å². The number of nitrogens with zero attached hydrogens (tertiary/aromatic N) is 2. The highest BCUT2D eigenvalue weighted by atomic mass is 16.4. The summed E-state index contributed by atoms with van der Waals surface area (Å²) in [6, 6.07) is 16.7. The van der Waals surface area contributed by atoms with Crippen LogP contribution >= 0.6 is 0 Å². The Hall–Kier alpha value is -3.41. The number of carbonyl (C=O) groups is 1. The Morgan fingerprint density at radius 3 is 2.81 bits per heavy atom. The lowest BCUT2D eigenvalue weighted by Gasteiger charge is -2.10. The van der Waals surface area contributed by atoms with Crippen LogP contribution in [0.15, 0.2) is 63.8 Å². The van der Waals surface area contributed by atoms with E-state index in [1.54, 1.807) is 18.2 Å². The molecule has 26 heavy (non-hydrogen) atoms. The summed E-state index contributed by atoms with van der Waals surface area (Å²) in [6.45, 7) is 2.14. The van der Waals surface area contributed by atoms with Gasteiger partial charge in [-0.05, 0) is 31.2 Å². The van der Waals surface area contributed by atoms with Gasteiger partial charge < -0.3 is 9.73 Å². The van der Waals surface area contributed by atoms with E-state index in [1.807, 2.05) is 43.3 Å². The number of aromatic nitrogens is 2. The lowest BCUT2D eigenvalue weighted by Crippen LogP contribution is -2.20. The highest BCUT2D eigenvalue weighted by molar-refractivity contribution is 6.01. The fourth-order valence-corrected chi connectivity index (χ4v) is 3.06. The van der Waals surface area contributed by atoms with E-state index in [-0.39, 0.29) is 18.9 Å². The zero-order valence-corrected chi connectivity index (χ0v) is 14.2. The van der Waals surface area contributed by atoms with Crippen LogP contribution in [0.1, 0.15) is 12.1 Å². The molecule has 0 aliphatic carbocycles. The first-order chi connectivity index (χ1) is 12.6. The molecule has 0 radical (unpaired) electrons. The number of hydrogen-bond donors (Lipinski definition) is 1. The number of nitrogens with one attached hydrogen (secondary N) is 1. The minimum atomic E-state index is -0.454. The Kier molecular flexibility index (Phi) is 4.01. The van der Waals surface area contributed by atoms with Gasteiger partial charge in [0.05, 0.1) is 16.7 Å². The molecular weight excluding hydrogens is 330 g/mol. The molecule has 6 nitrogen and oxygen atoms in total. The Morgan fingerprint density at radius 2 is 1.92 bits per heavy atom. The molecule has 4 rings (SSSR count). The number of carbonyl (C=O) groups excluding carboxylic acids is 1. The van der Waals surface area contributed by atoms with Crippen molar-refractivity contribution in [1.82, 2.24) is 9.55 Å². The lowest BCUT2D eigenvalue weighted by molar-refractivity contribution is -0.116. The van der Waals surface area contributed by atoms with E-state index in [4.69, 9.17) is 4.42 Å². The first-order valence-electron chi connectivity index (χ1n) is 8.36. The van der Waals surface area contributed by atoms with Gasteiger partial charge in [0.25, 0.3) is 0 Å². The van der Waals surface area contributed by atoms with Crippen molar-refractivity contribution in [3.63, 3.8) is 0 Å². The van der Waals surface area contributed by atoms with Crippen molar-refractivity contribution >= 4 is 33.6 Å². The maximum atomic E-state index is 12.4. The Labute approximate surface area is 149 Å². The van der Waals surface area contributed by atoms with E-state index in [0.717, 1.165) is 22.3 Å². The van der Waals surface area contributed by atoms with Gasteiger partial charge in [-0.15, -0.1) is 0 Å². The predicted molar refractivity (Wildman–Crippen MR) is 100 cm³/mol. The van der Waals surface area contributed by atoms with Crippen LogP contribution in [0.2, 0.25) is 0 Å². The molecule has 2 aromatic carbocycles. The fourth-order valence-electron chi connectivity index (χ4n) is 3.06. The standard InChI is InChI=1S/C20H17N3O3/c1-13-12-16(14-6-2-3-7-15(14)21-13)22-19(24)10-11-23-17-8-4-5-9-18(17)26-20(23)25/h2-9,12H,10-11H2,1H3,(H,21,22,24). The van der Waals surface area contributed by atoms with E-state index in [9.17, 15) is 9.59 Å². The first kappa shape index (κ1) is 16.1. The summed E-state index contributed by atoms with van der Waals surface area (Å²) < 4.78 is 6.67. The minimum absolute atomic E-state index is 0.166. The summed E-state index contributed by atoms with van der Waals surface area (Å²) in [5, 5.41) is 3.82. The fraction of sp³-hybridized carbons (Fsp3) is 0.150. The molecule has 0 aliphatic heterocycles. The molecule has 1 N–H and O–H groups in total. The molecule has 0 saturated carbocycles. The molecule has 2 aromatic heterocycles. The summed E-state index contributed by atoms with van der Waals surface area (Å²) in [5.41, 5.74) is 3.60. The van der Waals surface area contributed by atoms with Crippen molar-refractivity contribution in [2.75, 3.05) is 5.32 Å². The number of hydrogen-bond acceptors (Lipinski definition) is 4. The number of fused-ring (bicyclic) bond motifs is 2. The average Bonchev–Trinajstić information content (AvgIpc) is 2.95. The molecule has 0 saturated heterocycles. The summed E-state index contributed by atoms with van der Waals surface area (Å²) >= 11 is 0. The van der Waals surface area contributed by atoms with E-state index >= 15 is 0 Å². The molecule has 0 fully saturated rings. The molecule has 0 unspecified atom stereocenters. The predicted octanol–water partition coefficient (Wildman–Crippen LogP) is 3.48. The second-order valence-corrected chi connectivity index (χ2v) is 6.11. The smallest absolute Gasteiger partial charge is 0.408 e. The number of rotatable bonds is 4. The molecule has 0 atom stereocenters. The second-order valence-electron chi connectivity index (χ2n) is 6.11. The van der Waals surface area contributed by atoms with E-state index in [2.05, 4.69) is 10.3 Å². The zero-order chi connectivity index (χ0) is 18.1. The van der Waals surface area contributed by atoms with Crippen molar-refractivity contribution in [3.8, 4) is 0 Å². The molecular formula is C20H17N3O3. The number of amides is 1. The van der Waals surface area contributed by atoms with E-state index in [0.29, 0.717) is 11.1 Å². The SMILES string of the molecule is Cc1cc(NC(=O)CCn2c(=O)oc3ccccc32)c2ccccc2n1. The second kappa shape index (κ2) is 6.48. The third kappa shape index (κ3) is 2.97. The van der Waals surface area contributed by atoms with Crippen LogP contribution in [0.3, 0.4) is 0 Å². The Bertz CT molecular complexity index is 1170. The molecule has 0 bridgehead atoms. The summed E-state index contributed by atoms with van der Waals surface area (Å²) in [6.07, 6.45) is 0.166. The molecule has 130 valence electrons. The monoisotopic (exact) mass is 347 g/mol. The quantitative estimate of drug-likeness (QED) is 0.613. The first-order valence-corrected chi connectivity index (χ1v) is 8.36. The van der Waals surface area contributed by atoms with Crippen molar-refractivity contribution in [1.29, 1.82) is 0 Å².